The molecular formula is C26H27ClN2O4. The highest BCUT2D eigenvalue weighted by Gasteiger charge is 2.26. The fraction of sp³-hybridized carbons (Fsp3) is 0.231. The van der Waals surface area contributed by atoms with Crippen LogP contribution in [-0.4, -0.2) is 36.5 Å². The number of ether oxygens (including phenoxy) is 2. The minimum atomic E-state index is -0.710. The molecule has 172 valence electrons. The topological polar surface area (TPSA) is 67.9 Å². The number of hydrogen-bond donors (Lipinski definition) is 1. The highest BCUT2D eigenvalue weighted by molar-refractivity contribution is 6.32. The van der Waals surface area contributed by atoms with E-state index in [0.29, 0.717) is 23.1 Å². The maximum Gasteiger partial charge on any atom is 0.261 e. The van der Waals surface area contributed by atoms with E-state index >= 15 is 0 Å². The standard InChI is InChI=1S/C26H27ClN2O4/c1-19(26(31)28-16-20-8-4-3-5-9-20)29(17-21-12-14-22(32-2)15-13-21)25(30)18-33-24-11-7-6-10-23(24)27/h3-15,19H,16-18H2,1-2H3,(H,28,31)/t19-/m0/s1. The number of nitrogens with zero attached hydrogens (tertiary/aromatic N) is 1. The highest BCUT2D eigenvalue weighted by Crippen LogP contribution is 2.23. The van der Waals surface area contributed by atoms with Crippen molar-refractivity contribution in [1.29, 1.82) is 0 Å². The van der Waals surface area contributed by atoms with Crippen molar-refractivity contribution in [3.8, 4) is 11.5 Å². The Kier molecular flexibility index (Phi) is 8.72. The van der Waals surface area contributed by atoms with E-state index in [2.05, 4.69) is 5.32 Å². The van der Waals surface area contributed by atoms with Gasteiger partial charge in [-0.1, -0.05) is 66.2 Å². The number of hydrogen-bond acceptors (Lipinski definition) is 4. The molecule has 0 aromatic heterocycles. The molecule has 0 radical (unpaired) electrons. The largest absolute Gasteiger partial charge is 0.497 e. The van der Waals surface area contributed by atoms with E-state index in [1.54, 1.807) is 38.3 Å². The van der Waals surface area contributed by atoms with E-state index < -0.39 is 6.04 Å². The van der Waals surface area contributed by atoms with E-state index in [4.69, 9.17) is 21.1 Å². The third-order valence-corrected chi connectivity index (χ3v) is 5.49. The summed E-state index contributed by atoms with van der Waals surface area (Å²) in [5.41, 5.74) is 1.85. The number of nitrogens with one attached hydrogen (secondary N) is 1. The molecule has 0 aliphatic carbocycles. The van der Waals surface area contributed by atoms with Crippen LogP contribution in [0.1, 0.15) is 18.1 Å². The normalized spacial score (nSPS) is 11.4. The van der Waals surface area contributed by atoms with Gasteiger partial charge in [0.25, 0.3) is 5.91 Å². The minimum Gasteiger partial charge on any atom is -0.497 e. The Labute approximate surface area is 199 Å². The lowest BCUT2D eigenvalue weighted by atomic mass is 10.1. The zero-order valence-corrected chi connectivity index (χ0v) is 19.4. The lowest BCUT2D eigenvalue weighted by molar-refractivity contribution is -0.142. The molecular weight excluding hydrogens is 440 g/mol. The predicted octanol–water partition coefficient (Wildman–Crippen LogP) is 4.46. The summed E-state index contributed by atoms with van der Waals surface area (Å²) in [5, 5.41) is 3.32. The molecule has 0 unspecified atom stereocenters. The minimum absolute atomic E-state index is 0.240. The summed E-state index contributed by atoms with van der Waals surface area (Å²) in [4.78, 5) is 27.5. The van der Waals surface area contributed by atoms with Crippen LogP contribution in [0.4, 0.5) is 0 Å². The third kappa shape index (κ3) is 6.99. The van der Waals surface area contributed by atoms with Crippen molar-refractivity contribution in [2.75, 3.05) is 13.7 Å². The van der Waals surface area contributed by atoms with Crippen LogP contribution in [0.3, 0.4) is 0 Å². The molecule has 0 saturated heterocycles. The van der Waals surface area contributed by atoms with Crippen LogP contribution >= 0.6 is 11.6 Å². The van der Waals surface area contributed by atoms with Crippen LogP contribution in [0.2, 0.25) is 5.02 Å². The molecule has 0 heterocycles. The molecule has 2 amide bonds. The number of methoxy groups -OCH3 is 1. The SMILES string of the molecule is COc1ccc(CN(C(=O)COc2ccccc2Cl)[C@@H](C)C(=O)NCc2ccccc2)cc1. The summed E-state index contributed by atoms with van der Waals surface area (Å²) >= 11 is 6.13. The Bertz CT molecular complexity index is 1060. The number of para-hydroxylation sites is 1. The summed E-state index contributed by atoms with van der Waals surface area (Å²) in [5.74, 6) is 0.553. The molecule has 0 saturated carbocycles. The van der Waals surface area contributed by atoms with Crippen molar-refractivity contribution in [2.24, 2.45) is 0 Å². The molecule has 3 aromatic rings. The van der Waals surface area contributed by atoms with Gasteiger partial charge in [0.1, 0.15) is 17.5 Å². The zero-order valence-electron chi connectivity index (χ0n) is 18.7. The number of amides is 2. The molecule has 0 aliphatic heterocycles. The van der Waals surface area contributed by atoms with E-state index in [9.17, 15) is 9.59 Å². The average Bonchev–Trinajstić information content (AvgIpc) is 2.85. The summed E-state index contributed by atoms with van der Waals surface area (Å²) in [7, 11) is 1.59. The number of rotatable bonds is 10. The molecule has 33 heavy (non-hydrogen) atoms. The van der Waals surface area contributed by atoms with Crippen molar-refractivity contribution in [3.63, 3.8) is 0 Å². The van der Waals surface area contributed by atoms with Gasteiger partial charge in [-0.3, -0.25) is 9.59 Å². The molecule has 1 N–H and O–H groups in total. The number of benzene rings is 3. The molecule has 0 bridgehead atoms. The van der Waals surface area contributed by atoms with Gasteiger partial charge in [-0.2, -0.15) is 0 Å². The summed E-state index contributed by atoms with van der Waals surface area (Å²) < 4.78 is 10.8. The van der Waals surface area contributed by atoms with Crippen LogP contribution in [0.15, 0.2) is 78.9 Å². The monoisotopic (exact) mass is 466 g/mol. The zero-order chi connectivity index (χ0) is 23.6. The molecule has 0 fully saturated rings. The first-order chi connectivity index (χ1) is 16.0. The molecule has 0 spiro atoms. The van der Waals surface area contributed by atoms with Crippen LogP contribution in [0, 0.1) is 0 Å². The average molecular weight is 467 g/mol. The first-order valence-corrected chi connectivity index (χ1v) is 11.0. The fourth-order valence-electron chi connectivity index (χ4n) is 3.23. The van der Waals surface area contributed by atoms with Crippen molar-refractivity contribution < 1.29 is 19.1 Å². The van der Waals surface area contributed by atoms with Crippen LogP contribution in [0.25, 0.3) is 0 Å². The van der Waals surface area contributed by atoms with E-state index in [0.717, 1.165) is 11.1 Å². The number of carbonyl (C=O) groups is 2. The first kappa shape index (κ1) is 24.1. The molecule has 1 atom stereocenters. The van der Waals surface area contributed by atoms with Crippen LogP contribution in [0.5, 0.6) is 11.5 Å². The van der Waals surface area contributed by atoms with Crippen molar-refractivity contribution in [1.82, 2.24) is 10.2 Å². The highest BCUT2D eigenvalue weighted by atomic mass is 35.5. The van der Waals surface area contributed by atoms with Gasteiger partial charge in [0.2, 0.25) is 5.91 Å². The van der Waals surface area contributed by atoms with Gasteiger partial charge in [0.05, 0.1) is 12.1 Å². The Hall–Kier alpha value is -3.51. The van der Waals surface area contributed by atoms with Crippen molar-refractivity contribution in [3.05, 3.63) is 95.0 Å². The maximum atomic E-state index is 13.1. The molecule has 3 rings (SSSR count). The molecule has 6 nitrogen and oxygen atoms in total. The van der Waals surface area contributed by atoms with Gasteiger partial charge in [0.15, 0.2) is 6.61 Å². The van der Waals surface area contributed by atoms with Crippen molar-refractivity contribution >= 4 is 23.4 Å². The smallest absolute Gasteiger partial charge is 0.261 e. The third-order valence-electron chi connectivity index (χ3n) is 5.18. The Morgan fingerprint density at radius 2 is 1.61 bits per heavy atom. The molecule has 3 aromatic carbocycles. The van der Waals surface area contributed by atoms with Gasteiger partial charge in [0, 0.05) is 13.1 Å². The van der Waals surface area contributed by atoms with Gasteiger partial charge in [-0.05, 0) is 42.3 Å². The maximum absolute atomic E-state index is 13.1. The quantitative estimate of drug-likeness (QED) is 0.479. The van der Waals surface area contributed by atoms with E-state index in [1.165, 1.54) is 4.90 Å². The summed E-state index contributed by atoms with van der Waals surface area (Å²) in [6.07, 6.45) is 0. The molecule has 7 heteroatoms. The lowest BCUT2D eigenvalue weighted by Crippen LogP contribution is -2.48. The van der Waals surface area contributed by atoms with E-state index in [1.807, 2.05) is 54.6 Å². The Morgan fingerprint density at radius 1 is 0.939 bits per heavy atom. The number of carbonyl (C=O) groups excluding carboxylic acids is 2. The van der Waals surface area contributed by atoms with Gasteiger partial charge in [-0.15, -0.1) is 0 Å². The van der Waals surface area contributed by atoms with Gasteiger partial charge < -0.3 is 19.7 Å². The Balaban J connectivity index is 1.71. The number of halogens is 1. The second-order valence-corrected chi connectivity index (χ2v) is 7.88. The van der Waals surface area contributed by atoms with Gasteiger partial charge >= 0.3 is 0 Å². The second-order valence-electron chi connectivity index (χ2n) is 7.47. The molecule has 0 aliphatic rings. The van der Waals surface area contributed by atoms with Crippen molar-refractivity contribution in [2.45, 2.75) is 26.1 Å². The first-order valence-electron chi connectivity index (χ1n) is 10.6. The summed E-state index contributed by atoms with van der Waals surface area (Å²) in [6, 6.07) is 23.2. The van der Waals surface area contributed by atoms with Crippen LogP contribution in [-0.2, 0) is 22.7 Å². The Morgan fingerprint density at radius 3 is 2.27 bits per heavy atom. The second kappa shape index (κ2) is 11.9. The lowest BCUT2D eigenvalue weighted by Gasteiger charge is -2.29. The fourth-order valence-corrected chi connectivity index (χ4v) is 3.42. The van der Waals surface area contributed by atoms with Crippen LogP contribution < -0.4 is 14.8 Å². The van der Waals surface area contributed by atoms with Gasteiger partial charge in [-0.25, -0.2) is 0 Å². The summed E-state index contributed by atoms with van der Waals surface area (Å²) in [6.45, 7) is 2.09. The predicted molar refractivity (Wildman–Crippen MR) is 128 cm³/mol. The van der Waals surface area contributed by atoms with E-state index in [-0.39, 0.29) is 25.0 Å².